The summed E-state index contributed by atoms with van der Waals surface area (Å²) in [6.07, 6.45) is 2.27. The largest absolute Gasteiger partial charge is 0.383 e. The zero-order chi connectivity index (χ0) is 13.7. The van der Waals surface area contributed by atoms with Crippen molar-refractivity contribution in [1.82, 2.24) is 0 Å². The number of aliphatic imine (C=N–C) groups is 1. The fraction of sp³-hybridized carbons (Fsp3) is 0.235. The van der Waals surface area contributed by atoms with Crippen molar-refractivity contribution >= 4 is 11.5 Å². The van der Waals surface area contributed by atoms with Gasteiger partial charge in [0.25, 0.3) is 0 Å². The normalized spacial score (nSPS) is 11.6. The molecular weight excluding hydrogens is 232 g/mol. The first-order valence-corrected chi connectivity index (χ1v) is 6.69. The standard InChI is InChI=1S/C17H20N2/c1-3-4-14-7-9-15(10-8-14)17(18)19-16-11-5-13(2)6-12-16/h5-12H,3-4H2,1-2H3,(H2,18,19). The Morgan fingerprint density at radius 3 is 2.21 bits per heavy atom. The van der Waals surface area contributed by atoms with E-state index in [-0.39, 0.29) is 0 Å². The molecule has 0 saturated heterocycles. The van der Waals surface area contributed by atoms with Crippen LogP contribution in [-0.4, -0.2) is 5.84 Å². The van der Waals surface area contributed by atoms with Crippen LogP contribution < -0.4 is 5.73 Å². The van der Waals surface area contributed by atoms with E-state index in [4.69, 9.17) is 5.73 Å². The first-order valence-electron chi connectivity index (χ1n) is 6.69. The Morgan fingerprint density at radius 1 is 1.00 bits per heavy atom. The lowest BCUT2D eigenvalue weighted by molar-refractivity contribution is 0.922. The maximum absolute atomic E-state index is 6.04. The molecule has 0 radical (unpaired) electrons. The molecule has 0 saturated carbocycles. The number of nitrogens with two attached hydrogens (primary N) is 1. The highest BCUT2D eigenvalue weighted by molar-refractivity contribution is 5.99. The second-order valence-electron chi connectivity index (χ2n) is 4.78. The average molecular weight is 252 g/mol. The van der Waals surface area contributed by atoms with E-state index in [0.29, 0.717) is 5.84 Å². The summed E-state index contributed by atoms with van der Waals surface area (Å²) in [6.45, 7) is 4.24. The van der Waals surface area contributed by atoms with Crippen molar-refractivity contribution < 1.29 is 0 Å². The van der Waals surface area contributed by atoms with E-state index >= 15 is 0 Å². The van der Waals surface area contributed by atoms with Gasteiger partial charge in [0.15, 0.2) is 0 Å². The van der Waals surface area contributed by atoms with E-state index in [1.54, 1.807) is 0 Å². The molecule has 0 aliphatic rings. The predicted octanol–water partition coefficient (Wildman–Crippen LogP) is 3.98. The summed E-state index contributed by atoms with van der Waals surface area (Å²) in [5, 5.41) is 0. The zero-order valence-electron chi connectivity index (χ0n) is 11.6. The van der Waals surface area contributed by atoms with Crippen molar-refractivity contribution in [1.29, 1.82) is 0 Å². The van der Waals surface area contributed by atoms with E-state index in [0.717, 1.165) is 24.1 Å². The highest BCUT2D eigenvalue weighted by atomic mass is 14.9. The van der Waals surface area contributed by atoms with Crippen molar-refractivity contribution in [3.05, 3.63) is 65.2 Å². The van der Waals surface area contributed by atoms with Gasteiger partial charge in [-0.15, -0.1) is 0 Å². The van der Waals surface area contributed by atoms with Gasteiger partial charge in [-0.3, -0.25) is 0 Å². The van der Waals surface area contributed by atoms with Crippen molar-refractivity contribution in [2.75, 3.05) is 0 Å². The number of aryl methyl sites for hydroxylation is 2. The molecule has 0 aliphatic heterocycles. The van der Waals surface area contributed by atoms with Gasteiger partial charge < -0.3 is 5.73 Å². The number of hydrogen-bond acceptors (Lipinski definition) is 1. The summed E-state index contributed by atoms with van der Waals surface area (Å²) in [7, 11) is 0. The van der Waals surface area contributed by atoms with Crippen LogP contribution in [0.15, 0.2) is 53.5 Å². The predicted molar refractivity (Wildman–Crippen MR) is 82.0 cm³/mol. The molecule has 0 aromatic heterocycles. The van der Waals surface area contributed by atoms with E-state index in [9.17, 15) is 0 Å². The molecule has 0 fully saturated rings. The summed E-state index contributed by atoms with van der Waals surface area (Å²) in [4.78, 5) is 4.44. The van der Waals surface area contributed by atoms with Gasteiger partial charge in [0.1, 0.15) is 5.84 Å². The van der Waals surface area contributed by atoms with Gasteiger partial charge in [0.05, 0.1) is 5.69 Å². The Bertz CT molecular complexity index is 551. The van der Waals surface area contributed by atoms with Crippen LogP contribution in [-0.2, 0) is 6.42 Å². The fourth-order valence-corrected chi connectivity index (χ4v) is 1.95. The minimum atomic E-state index is 0.562. The number of hydrogen-bond donors (Lipinski definition) is 1. The molecule has 2 N–H and O–H groups in total. The number of amidine groups is 1. The third kappa shape index (κ3) is 3.68. The van der Waals surface area contributed by atoms with Crippen LogP contribution in [0.1, 0.15) is 30.0 Å². The molecule has 2 aromatic rings. The molecule has 0 bridgehead atoms. The summed E-state index contributed by atoms with van der Waals surface area (Å²) >= 11 is 0. The zero-order valence-corrected chi connectivity index (χ0v) is 11.6. The van der Waals surface area contributed by atoms with Crippen LogP contribution in [0.2, 0.25) is 0 Å². The van der Waals surface area contributed by atoms with Crippen LogP contribution >= 0.6 is 0 Å². The minimum absolute atomic E-state index is 0.562. The van der Waals surface area contributed by atoms with Gasteiger partial charge >= 0.3 is 0 Å². The Balaban J connectivity index is 2.18. The average Bonchev–Trinajstić information content (AvgIpc) is 2.42. The quantitative estimate of drug-likeness (QED) is 0.648. The summed E-state index contributed by atoms with van der Waals surface area (Å²) < 4.78 is 0. The van der Waals surface area contributed by atoms with Crippen molar-refractivity contribution in [2.24, 2.45) is 10.7 Å². The topological polar surface area (TPSA) is 38.4 Å². The van der Waals surface area contributed by atoms with E-state index < -0.39 is 0 Å². The molecule has 98 valence electrons. The highest BCUT2D eigenvalue weighted by Gasteiger charge is 1.99. The molecule has 2 heteroatoms. The van der Waals surface area contributed by atoms with Crippen LogP contribution in [0.4, 0.5) is 5.69 Å². The molecule has 0 aliphatic carbocycles. The fourth-order valence-electron chi connectivity index (χ4n) is 1.95. The van der Waals surface area contributed by atoms with Gasteiger partial charge in [0, 0.05) is 5.56 Å². The second-order valence-corrected chi connectivity index (χ2v) is 4.78. The molecule has 0 heterocycles. The molecule has 2 nitrogen and oxygen atoms in total. The van der Waals surface area contributed by atoms with Crippen LogP contribution in [0.3, 0.4) is 0 Å². The number of benzene rings is 2. The van der Waals surface area contributed by atoms with Crippen molar-refractivity contribution in [3.8, 4) is 0 Å². The van der Waals surface area contributed by atoms with Crippen molar-refractivity contribution in [2.45, 2.75) is 26.7 Å². The third-order valence-corrected chi connectivity index (χ3v) is 3.07. The Labute approximate surface area is 115 Å². The lowest BCUT2D eigenvalue weighted by Gasteiger charge is -2.03. The molecule has 0 amide bonds. The van der Waals surface area contributed by atoms with E-state index in [2.05, 4.69) is 31.0 Å². The Morgan fingerprint density at radius 2 is 1.63 bits per heavy atom. The number of rotatable bonds is 4. The number of nitrogens with zero attached hydrogens (tertiary/aromatic N) is 1. The molecule has 2 rings (SSSR count). The Kier molecular flexibility index (Phi) is 4.35. The molecule has 0 unspecified atom stereocenters. The van der Waals surface area contributed by atoms with Gasteiger partial charge in [-0.2, -0.15) is 0 Å². The minimum Gasteiger partial charge on any atom is -0.383 e. The Hall–Kier alpha value is -2.09. The molecule has 0 spiro atoms. The lowest BCUT2D eigenvalue weighted by Crippen LogP contribution is -2.12. The van der Waals surface area contributed by atoms with Gasteiger partial charge in [0.2, 0.25) is 0 Å². The third-order valence-electron chi connectivity index (χ3n) is 3.07. The molecule has 19 heavy (non-hydrogen) atoms. The molecule has 2 aromatic carbocycles. The van der Waals surface area contributed by atoms with Gasteiger partial charge in [-0.05, 0) is 31.0 Å². The van der Waals surface area contributed by atoms with E-state index in [1.807, 2.05) is 36.4 Å². The van der Waals surface area contributed by atoms with Crippen LogP contribution in [0, 0.1) is 6.92 Å². The first kappa shape index (κ1) is 13.3. The van der Waals surface area contributed by atoms with Crippen LogP contribution in [0.25, 0.3) is 0 Å². The van der Waals surface area contributed by atoms with Gasteiger partial charge in [-0.25, -0.2) is 4.99 Å². The maximum atomic E-state index is 6.04. The van der Waals surface area contributed by atoms with Crippen molar-refractivity contribution in [3.63, 3.8) is 0 Å². The molecule has 0 atom stereocenters. The van der Waals surface area contributed by atoms with Gasteiger partial charge in [-0.1, -0.05) is 55.3 Å². The lowest BCUT2D eigenvalue weighted by atomic mass is 10.1. The maximum Gasteiger partial charge on any atom is 0.131 e. The van der Waals surface area contributed by atoms with E-state index in [1.165, 1.54) is 11.1 Å². The summed E-state index contributed by atoms with van der Waals surface area (Å²) in [5.74, 6) is 0.562. The highest BCUT2D eigenvalue weighted by Crippen LogP contribution is 2.14. The second kappa shape index (κ2) is 6.19. The summed E-state index contributed by atoms with van der Waals surface area (Å²) in [5.41, 5.74) is 10.5. The van der Waals surface area contributed by atoms with Crippen LogP contribution in [0.5, 0.6) is 0 Å². The summed E-state index contributed by atoms with van der Waals surface area (Å²) in [6, 6.07) is 16.4. The first-order chi connectivity index (χ1) is 9.19. The SMILES string of the molecule is CCCc1ccc(C(N)=Nc2ccc(C)cc2)cc1. The molecular formula is C17H20N2. The smallest absolute Gasteiger partial charge is 0.131 e. The monoisotopic (exact) mass is 252 g/mol.